The van der Waals surface area contributed by atoms with Gasteiger partial charge in [-0.3, -0.25) is 4.99 Å². The normalized spacial score (nSPS) is 16.7. The van der Waals surface area contributed by atoms with Gasteiger partial charge in [-0.15, -0.1) is 24.0 Å². The van der Waals surface area contributed by atoms with Crippen molar-refractivity contribution in [3.05, 3.63) is 23.9 Å². The van der Waals surface area contributed by atoms with Gasteiger partial charge in [0.25, 0.3) is 0 Å². The Morgan fingerprint density at radius 1 is 1.36 bits per heavy atom. The molecule has 1 aliphatic rings. The van der Waals surface area contributed by atoms with E-state index in [-0.39, 0.29) is 30.0 Å². The fourth-order valence-electron chi connectivity index (χ4n) is 2.88. The number of ether oxygens (including phenoxy) is 2. The number of nitrogens with one attached hydrogen (secondary N) is 2. The van der Waals surface area contributed by atoms with Gasteiger partial charge in [0.1, 0.15) is 6.10 Å². The van der Waals surface area contributed by atoms with Crippen molar-refractivity contribution in [2.75, 3.05) is 20.8 Å². The fourth-order valence-corrected chi connectivity index (χ4v) is 2.88. The van der Waals surface area contributed by atoms with Crippen molar-refractivity contribution in [2.24, 2.45) is 4.99 Å². The molecule has 0 bridgehead atoms. The summed E-state index contributed by atoms with van der Waals surface area (Å²) < 4.78 is 11.2. The van der Waals surface area contributed by atoms with Crippen molar-refractivity contribution in [3.63, 3.8) is 0 Å². The van der Waals surface area contributed by atoms with Crippen LogP contribution in [-0.2, 0) is 11.3 Å². The molecule has 0 radical (unpaired) electrons. The number of aliphatic imine (C=N–C) groups is 1. The average molecular weight is 462 g/mol. The topological polar surface area (TPSA) is 67.8 Å². The van der Waals surface area contributed by atoms with E-state index in [0.29, 0.717) is 19.3 Å². The first-order valence-corrected chi connectivity index (χ1v) is 8.79. The van der Waals surface area contributed by atoms with E-state index in [1.807, 2.05) is 12.1 Å². The maximum atomic E-state index is 6.02. The van der Waals surface area contributed by atoms with Gasteiger partial charge < -0.3 is 20.1 Å². The Labute approximate surface area is 168 Å². The van der Waals surface area contributed by atoms with Crippen LogP contribution in [0.15, 0.2) is 23.3 Å². The molecule has 7 heteroatoms. The molecule has 0 amide bonds. The van der Waals surface area contributed by atoms with Crippen molar-refractivity contribution in [3.8, 4) is 5.88 Å². The Bertz CT molecular complexity index is 522. The number of aromatic nitrogens is 1. The van der Waals surface area contributed by atoms with Crippen LogP contribution in [0.3, 0.4) is 0 Å². The number of hydrogen-bond acceptors (Lipinski definition) is 4. The van der Waals surface area contributed by atoms with Crippen LogP contribution in [0.2, 0.25) is 0 Å². The molecule has 2 N–H and O–H groups in total. The first kappa shape index (κ1) is 22.0. The quantitative estimate of drug-likeness (QED) is 0.371. The lowest BCUT2D eigenvalue weighted by Gasteiger charge is -2.22. The van der Waals surface area contributed by atoms with Crippen LogP contribution in [0, 0.1) is 0 Å². The predicted octanol–water partition coefficient (Wildman–Crippen LogP) is 3.11. The Morgan fingerprint density at radius 3 is 2.80 bits per heavy atom. The Balaban J connectivity index is 0.00000312. The molecule has 1 fully saturated rings. The zero-order valence-corrected chi connectivity index (χ0v) is 17.8. The summed E-state index contributed by atoms with van der Waals surface area (Å²) in [7, 11) is 3.46. The first-order chi connectivity index (χ1) is 11.7. The van der Waals surface area contributed by atoms with E-state index in [2.05, 4.69) is 27.5 Å². The second kappa shape index (κ2) is 12.3. The van der Waals surface area contributed by atoms with Gasteiger partial charge in [0.15, 0.2) is 5.96 Å². The number of hydrogen-bond donors (Lipinski definition) is 2. The highest BCUT2D eigenvalue weighted by molar-refractivity contribution is 14.0. The van der Waals surface area contributed by atoms with Gasteiger partial charge in [0, 0.05) is 39.0 Å². The average Bonchev–Trinajstić information content (AvgIpc) is 2.60. The molecule has 142 valence electrons. The number of pyridine rings is 1. The maximum absolute atomic E-state index is 6.02. The minimum Gasteiger partial charge on any atom is -0.474 e. The maximum Gasteiger partial charge on any atom is 0.213 e. The van der Waals surface area contributed by atoms with Crippen LogP contribution in [-0.4, -0.2) is 43.9 Å². The van der Waals surface area contributed by atoms with Crippen molar-refractivity contribution in [1.29, 1.82) is 0 Å². The van der Waals surface area contributed by atoms with E-state index in [1.165, 1.54) is 19.3 Å². The predicted molar refractivity (Wildman–Crippen MR) is 112 cm³/mol. The van der Waals surface area contributed by atoms with Crippen LogP contribution in [0.1, 0.15) is 44.6 Å². The van der Waals surface area contributed by atoms with E-state index in [1.54, 1.807) is 20.4 Å². The number of methoxy groups -OCH3 is 1. The minimum atomic E-state index is 0. The third-order valence-electron chi connectivity index (χ3n) is 4.12. The van der Waals surface area contributed by atoms with Crippen molar-refractivity contribution < 1.29 is 9.47 Å². The van der Waals surface area contributed by atoms with Crippen molar-refractivity contribution in [2.45, 2.75) is 57.7 Å². The molecular formula is C18H31IN4O2. The van der Waals surface area contributed by atoms with Crippen LogP contribution < -0.4 is 15.4 Å². The minimum absolute atomic E-state index is 0. The molecule has 0 spiro atoms. The Morgan fingerprint density at radius 2 is 2.12 bits per heavy atom. The lowest BCUT2D eigenvalue weighted by Crippen LogP contribution is -2.43. The molecular weight excluding hydrogens is 431 g/mol. The monoisotopic (exact) mass is 462 g/mol. The highest BCUT2D eigenvalue weighted by Gasteiger charge is 2.15. The summed E-state index contributed by atoms with van der Waals surface area (Å²) in [6.45, 7) is 3.36. The SMILES string of the molecule is CN=C(NCc1ccnc(OC2CCCCC2)c1)NC(C)COC.I. The lowest BCUT2D eigenvalue weighted by atomic mass is 9.98. The summed E-state index contributed by atoms with van der Waals surface area (Å²) in [5.41, 5.74) is 1.12. The zero-order chi connectivity index (χ0) is 17.2. The van der Waals surface area contributed by atoms with Gasteiger partial charge in [-0.1, -0.05) is 6.42 Å². The molecule has 2 rings (SSSR count). The van der Waals surface area contributed by atoms with Gasteiger partial charge >= 0.3 is 0 Å². The molecule has 1 aromatic rings. The summed E-state index contributed by atoms with van der Waals surface area (Å²) in [6, 6.07) is 4.20. The van der Waals surface area contributed by atoms with E-state index >= 15 is 0 Å². The van der Waals surface area contributed by atoms with Crippen LogP contribution in [0.5, 0.6) is 5.88 Å². The highest BCUT2D eigenvalue weighted by Crippen LogP contribution is 2.22. The summed E-state index contributed by atoms with van der Waals surface area (Å²) in [6.07, 6.45) is 8.24. The second-order valence-electron chi connectivity index (χ2n) is 6.31. The molecule has 1 saturated carbocycles. The second-order valence-corrected chi connectivity index (χ2v) is 6.31. The van der Waals surface area contributed by atoms with Gasteiger partial charge in [0.2, 0.25) is 5.88 Å². The Kier molecular flexibility index (Phi) is 10.8. The summed E-state index contributed by atoms with van der Waals surface area (Å²) in [5.74, 6) is 1.48. The number of nitrogens with zero attached hydrogens (tertiary/aromatic N) is 2. The van der Waals surface area contributed by atoms with Gasteiger partial charge in [-0.05, 0) is 44.2 Å². The molecule has 6 nitrogen and oxygen atoms in total. The van der Waals surface area contributed by atoms with Crippen LogP contribution >= 0.6 is 24.0 Å². The molecule has 0 aliphatic heterocycles. The molecule has 1 unspecified atom stereocenters. The number of rotatable bonds is 7. The van der Waals surface area contributed by atoms with Crippen molar-refractivity contribution in [1.82, 2.24) is 15.6 Å². The summed E-state index contributed by atoms with van der Waals surface area (Å²) >= 11 is 0. The summed E-state index contributed by atoms with van der Waals surface area (Å²) in [4.78, 5) is 8.57. The standard InChI is InChI=1S/C18H30N4O2.HI/c1-14(13-23-3)22-18(19-2)21-12-15-9-10-20-17(11-15)24-16-7-5-4-6-8-16;/h9-11,14,16H,4-8,12-13H2,1-3H3,(H2,19,21,22);1H. The van der Waals surface area contributed by atoms with E-state index in [9.17, 15) is 0 Å². The van der Waals surface area contributed by atoms with Crippen LogP contribution in [0.25, 0.3) is 0 Å². The molecule has 1 atom stereocenters. The lowest BCUT2D eigenvalue weighted by molar-refractivity contribution is 0.148. The zero-order valence-electron chi connectivity index (χ0n) is 15.5. The fraction of sp³-hybridized carbons (Fsp3) is 0.667. The van der Waals surface area contributed by atoms with Gasteiger partial charge in [-0.2, -0.15) is 0 Å². The van der Waals surface area contributed by atoms with E-state index < -0.39 is 0 Å². The number of halogens is 1. The highest BCUT2D eigenvalue weighted by atomic mass is 127. The van der Waals surface area contributed by atoms with E-state index in [0.717, 1.165) is 30.2 Å². The molecule has 25 heavy (non-hydrogen) atoms. The number of guanidine groups is 1. The molecule has 1 aromatic heterocycles. The van der Waals surface area contributed by atoms with Gasteiger partial charge in [-0.25, -0.2) is 4.98 Å². The third-order valence-corrected chi connectivity index (χ3v) is 4.12. The Hall–Kier alpha value is -1.09. The first-order valence-electron chi connectivity index (χ1n) is 8.79. The largest absolute Gasteiger partial charge is 0.474 e. The summed E-state index contributed by atoms with van der Waals surface area (Å²) in [5, 5.41) is 6.59. The smallest absolute Gasteiger partial charge is 0.213 e. The third kappa shape index (κ3) is 8.22. The molecule has 0 aromatic carbocycles. The molecule has 1 aliphatic carbocycles. The molecule has 0 saturated heterocycles. The van der Waals surface area contributed by atoms with Crippen LogP contribution in [0.4, 0.5) is 0 Å². The van der Waals surface area contributed by atoms with Crippen molar-refractivity contribution >= 4 is 29.9 Å². The molecule has 1 heterocycles. The van der Waals surface area contributed by atoms with E-state index in [4.69, 9.17) is 9.47 Å². The van der Waals surface area contributed by atoms with Gasteiger partial charge in [0.05, 0.1) is 6.61 Å².